The molecule has 0 fully saturated rings. The summed E-state index contributed by atoms with van der Waals surface area (Å²) >= 11 is 0. The number of fused-ring (bicyclic) bond motifs is 2. The molecule has 150 valence electrons. The van der Waals surface area contributed by atoms with Crippen LogP contribution in [0.1, 0.15) is 42.1 Å². The summed E-state index contributed by atoms with van der Waals surface area (Å²) in [5, 5.41) is 12.2. The van der Waals surface area contributed by atoms with E-state index in [1.165, 1.54) is 0 Å². The highest BCUT2D eigenvalue weighted by atomic mass is 16.2. The average Bonchev–Trinajstić information content (AvgIpc) is 3.28. The van der Waals surface area contributed by atoms with Gasteiger partial charge in [-0.05, 0) is 30.4 Å². The summed E-state index contributed by atoms with van der Waals surface area (Å²) in [6.07, 6.45) is 7.20. The number of nitrogens with zero attached hydrogens (tertiary/aromatic N) is 7. The van der Waals surface area contributed by atoms with Crippen LogP contribution in [0.25, 0.3) is 5.69 Å². The molecule has 0 radical (unpaired) electrons. The standard InChI is InChI=1S/C20H24N8O/c1-20(2)10-16-14(11-23-28(16)15-4-7-21-8-5-15)12-26(13-20)18(29)17-24-19-22-6-3-9-27(19)25-17/h4-5,7-8,11H,3,6,9-10,12-13H2,1-2H3,(H,22,24,25). The Kier molecular flexibility index (Phi) is 4.11. The third-order valence-corrected chi connectivity index (χ3v) is 5.47. The minimum Gasteiger partial charge on any atom is -0.354 e. The second-order valence-electron chi connectivity index (χ2n) is 8.50. The molecule has 0 atom stereocenters. The topological polar surface area (TPSA) is 93.8 Å². The number of hydrogen-bond donors (Lipinski definition) is 1. The number of pyridine rings is 1. The summed E-state index contributed by atoms with van der Waals surface area (Å²) in [6, 6.07) is 3.89. The van der Waals surface area contributed by atoms with Crippen LogP contribution in [0.2, 0.25) is 0 Å². The van der Waals surface area contributed by atoms with Gasteiger partial charge in [-0.2, -0.15) is 10.1 Å². The van der Waals surface area contributed by atoms with Gasteiger partial charge in [-0.15, -0.1) is 5.10 Å². The number of carbonyl (C=O) groups is 1. The minimum absolute atomic E-state index is 0.108. The molecule has 0 aliphatic carbocycles. The maximum Gasteiger partial charge on any atom is 0.293 e. The highest BCUT2D eigenvalue weighted by molar-refractivity contribution is 5.90. The lowest BCUT2D eigenvalue weighted by atomic mass is 9.87. The number of aromatic nitrogens is 6. The number of anilines is 1. The molecule has 5 heterocycles. The minimum atomic E-state index is -0.133. The van der Waals surface area contributed by atoms with Crippen molar-refractivity contribution in [1.29, 1.82) is 0 Å². The smallest absolute Gasteiger partial charge is 0.293 e. The number of rotatable bonds is 2. The summed E-state index contributed by atoms with van der Waals surface area (Å²) in [5.74, 6) is 0.807. The van der Waals surface area contributed by atoms with Crippen molar-refractivity contribution in [1.82, 2.24) is 34.4 Å². The molecule has 5 rings (SSSR count). The zero-order valence-corrected chi connectivity index (χ0v) is 16.7. The van der Waals surface area contributed by atoms with E-state index in [0.29, 0.717) is 19.0 Å². The van der Waals surface area contributed by atoms with Crippen LogP contribution in [0.4, 0.5) is 5.95 Å². The first-order chi connectivity index (χ1) is 14.0. The van der Waals surface area contributed by atoms with Crippen LogP contribution in [0.3, 0.4) is 0 Å². The molecule has 9 nitrogen and oxygen atoms in total. The van der Waals surface area contributed by atoms with Crippen LogP contribution in [0, 0.1) is 5.41 Å². The predicted molar refractivity (Wildman–Crippen MR) is 107 cm³/mol. The summed E-state index contributed by atoms with van der Waals surface area (Å²) < 4.78 is 3.75. The molecule has 2 aliphatic rings. The summed E-state index contributed by atoms with van der Waals surface area (Å²) in [6.45, 7) is 7.14. The van der Waals surface area contributed by atoms with Gasteiger partial charge in [0.2, 0.25) is 11.8 Å². The summed E-state index contributed by atoms with van der Waals surface area (Å²) in [7, 11) is 0. The third kappa shape index (κ3) is 3.26. The lowest BCUT2D eigenvalue weighted by Crippen LogP contribution is -2.38. The Morgan fingerprint density at radius 1 is 1.24 bits per heavy atom. The van der Waals surface area contributed by atoms with E-state index in [4.69, 9.17) is 0 Å². The Labute approximate surface area is 168 Å². The van der Waals surface area contributed by atoms with Gasteiger partial charge < -0.3 is 10.2 Å². The Morgan fingerprint density at radius 2 is 2.07 bits per heavy atom. The molecular formula is C20H24N8O. The van der Waals surface area contributed by atoms with Gasteiger partial charge in [-0.25, -0.2) is 9.36 Å². The SMILES string of the molecule is CC1(C)Cc2c(cnn2-c2ccncc2)CN(C(=O)c2nc3n(n2)CCCN3)C1. The predicted octanol–water partition coefficient (Wildman–Crippen LogP) is 1.90. The number of aryl methyl sites for hydroxylation is 1. The van der Waals surface area contributed by atoms with Crippen molar-refractivity contribution in [2.24, 2.45) is 5.41 Å². The molecule has 9 heteroatoms. The summed E-state index contributed by atoms with van der Waals surface area (Å²) in [5.41, 5.74) is 3.06. The Morgan fingerprint density at radius 3 is 2.86 bits per heavy atom. The normalized spacial score (nSPS) is 17.8. The molecule has 0 saturated heterocycles. The molecule has 3 aromatic rings. The van der Waals surface area contributed by atoms with Gasteiger partial charge in [-0.1, -0.05) is 13.8 Å². The fourth-order valence-corrected chi connectivity index (χ4v) is 4.16. The van der Waals surface area contributed by atoms with E-state index in [2.05, 4.69) is 39.3 Å². The van der Waals surface area contributed by atoms with Crippen molar-refractivity contribution in [3.8, 4) is 5.69 Å². The number of nitrogens with one attached hydrogen (secondary N) is 1. The van der Waals surface area contributed by atoms with E-state index in [9.17, 15) is 4.79 Å². The molecule has 1 N–H and O–H groups in total. The van der Waals surface area contributed by atoms with E-state index in [1.54, 1.807) is 17.1 Å². The first kappa shape index (κ1) is 17.8. The van der Waals surface area contributed by atoms with Gasteiger partial charge >= 0.3 is 0 Å². The van der Waals surface area contributed by atoms with Gasteiger partial charge in [0.05, 0.1) is 11.9 Å². The van der Waals surface area contributed by atoms with Gasteiger partial charge in [0.25, 0.3) is 5.91 Å². The molecular weight excluding hydrogens is 368 g/mol. The molecule has 0 spiro atoms. The average molecular weight is 392 g/mol. The van der Waals surface area contributed by atoms with Crippen LogP contribution in [0.5, 0.6) is 0 Å². The number of carbonyl (C=O) groups excluding carboxylic acids is 1. The van der Waals surface area contributed by atoms with E-state index < -0.39 is 0 Å². The lowest BCUT2D eigenvalue weighted by molar-refractivity contribution is 0.0667. The second-order valence-corrected chi connectivity index (χ2v) is 8.50. The van der Waals surface area contributed by atoms with Crippen molar-refractivity contribution in [2.75, 3.05) is 18.4 Å². The number of hydrogen-bond acceptors (Lipinski definition) is 6. The van der Waals surface area contributed by atoms with Crippen LogP contribution in [-0.2, 0) is 19.5 Å². The van der Waals surface area contributed by atoms with Crippen LogP contribution in [0.15, 0.2) is 30.7 Å². The molecule has 0 saturated carbocycles. The highest BCUT2D eigenvalue weighted by Gasteiger charge is 2.34. The zero-order chi connectivity index (χ0) is 20.0. The fourth-order valence-electron chi connectivity index (χ4n) is 4.16. The molecule has 0 aromatic carbocycles. The molecule has 3 aromatic heterocycles. The molecule has 0 unspecified atom stereocenters. The van der Waals surface area contributed by atoms with Gasteiger partial charge in [0, 0.05) is 49.8 Å². The molecule has 29 heavy (non-hydrogen) atoms. The van der Waals surface area contributed by atoms with Crippen molar-refractivity contribution in [2.45, 2.75) is 39.8 Å². The van der Waals surface area contributed by atoms with Crippen molar-refractivity contribution < 1.29 is 4.79 Å². The van der Waals surface area contributed by atoms with E-state index in [0.717, 1.165) is 42.9 Å². The molecule has 0 bridgehead atoms. The monoisotopic (exact) mass is 392 g/mol. The Balaban J connectivity index is 1.48. The van der Waals surface area contributed by atoms with Crippen molar-refractivity contribution >= 4 is 11.9 Å². The second kappa shape index (κ2) is 6.68. The van der Waals surface area contributed by atoms with Crippen molar-refractivity contribution in [3.63, 3.8) is 0 Å². The Hall–Kier alpha value is -3.23. The molecule has 1 amide bonds. The number of amides is 1. The van der Waals surface area contributed by atoms with E-state index >= 15 is 0 Å². The van der Waals surface area contributed by atoms with E-state index in [1.807, 2.05) is 27.9 Å². The maximum absolute atomic E-state index is 13.3. The van der Waals surface area contributed by atoms with Crippen LogP contribution < -0.4 is 5.32 Å². The van der Waals surface area contributed by atoms with Crippen LogP contribution in [-0.4, -0.2) is 53.4 Å². The Bertz CT molecular complexity index is 1030. The van der Waals surface area contributed by atoms with Crippen molar-refractivity contribution in [3.05, 3.63) is 47.8 Å². The quantitative estimate of drug-likeness (QED) is 0.716. The maximum atomic E-state index is 13.3. The van der Waals surface area contributed by atoms with Crippen LogP contribution >= 0.6 is 0 Å². The largest absolute Gasteiger partial charge is 0.354 e. The lowest BCUT2D eigenvalue weighted by Gasteiger charge is -2.29. The highest BCUT2D eigenvalue weighted by Crippen LogP contribution is 2.32. The summed E-state index contributed by atoms with van der Waals surface area (Å²) in [4.78, 5) is 23.7. The van der Waals surface area contributed by atoms with Gasteiger partial charge in [0.1, 0.15) is 0 Å². The molecule has 2 aliphatic heterocycles. The van der Waals surface area contributed by atoms with E-state index in [-0.39, 0.29) is 17.1 Å². The fraction of sp³-hybridized carbons (Fsp3) is 0.450. The first-order valence-electron chi connectivity index (χ1n) is 9.94. The first-order valence-corrected chi connectivity index (χ1v) is 9.94. The third-order valence-electron chi connectivity index (χ3n) is 5.47. The van der Waals surface area contributed by atoms with Gasteiger partial charge in [-0.3, -0.25) is 9.78 Å². The van der Waals surface area contributed by atoms with Gasteiger partial charge in [0.15, 0.2) is 0 Å². The zero-order valence-electron chi connectivity index (χ0n) is 16.7.